The van der Waals surface area contributed by atoms with Crippen molar-refractivity contribution in [2.75, 3.05) is 26.2 Å². The third-order valence-corrected chi connectivity index (χ3v) is 6.91. The molecule has 2 aromatic rings. The van der Waals surface area contributed by atoms with Gasteiger partial charge in [-0.2, -0.15) is 0 Å². The van der Waals surface area contributed by atoms with Gasteiger partial charge in [0, 0.05) is 12.1 Å². The molecule has 2 aromatic carbocycles. The number of aromatic hydroxyl groups is 4. The summed E-state index contributed by atoms with van der Waals surface area (Å²) in [6, 6.07) is 11.3. The van der Waals surface area contributed by atoms with E-state index in [0.29, 0.717) is 12.1 Å². The molecule has 6 nitrogen and oxygen atoms in total. The Kier molecular flexibility index (Phi) is 6.88. The van der Waals surface area contributed by atoms with Crippen molar-refractivity contribution in [3.8, 4) is 23.0 Å². The van der Waals surface area contributed by atoms with Gasteiger partial charge in [-0.25, -0.2) is 0 Å². The van der Waals surface area contributed by atoms with Crippen molar-refractivity contribution in [1.29, 1.82) is 0 Å². The molecule has 0 spiro atoms. The van der Waals surface area contributed by atoms with Crippen molar-refractivity contribution >= 4 is 0 Å². The van der Waals surface area contributed by atoms with Crippen LogP contribution in [0.3, 0.4) is 0 Å². The standard InChI is InChI=1S/C25H34N2O4/c28-22-8-6-18(16-24(22)30)14-20-4-1-10-26(20)12-3-13-27-11-2-5-21(27)15-19-7-9-23(29)25(31)17-19/h6-9,16-17,20-21,28-31H,1-5,10-15H2. The Labute approximate surface area is 184 Å². The molecule has 2 heterocycles. The summed E-state index contributed by atoms with van der Waals surface area (Å²) >= 11 is 0. The SMILES string of the molecule is Oc1ccc(CC2CCCN2CCCN2CCCC2Cc2ccc(O)c(O)c2)cc1O. The topological polar surface area (TPSA) is 87.4 Å². The van der Waals surface area contributed by atoms with Gasteiger partial charge in [-0.15, -0.1) is 0 Å². The molecule has 0 amide bonds. The molecule has 4 N–H and O–H groups in total. The maximum absolute atomic E-state index is 9.77. The van der Waals surface area contributed by atoms with E-state index in [1.807, 2.05) is 12.1 Å². The summed E-state index contributed by atoms with van der Waals surface area (Å²) in [6.45, 7) is 4.42. The van der Waals surface area contributed by atoms with Crippen LogP contribution in [-0.2, 0) is 12.8 Å². The smallest absolute Gasteiger partial charge is 0.157 e. The molecule has 2 aliphatic heterocycles. The summed E-state index contributed by atoms with van der Waals surface area (Å²) in [5.41, 5.74) is 2.15. The number of benzene rings is 2. The van der Waals surface area contributed by atoms with Crippen LogP contribution >= 0.6 is 0 Å². The first-order valence-corrected chi connectivity index (χ1v) is 11.5. The minimum atomic E-state index is -0.0605. The maximum Gasteiger partial charge on any atom is 0.157 e. The summed E-state index contributed by atoms with van der Waals surface area (Å²) in [5.74, 6) is -0.197. The van der Waals surface area contributed by atoms with Crippen LogP contribution in [0.25, 0.3) is 0 Å². The normalized spacial score (nSPS) is 22.3. The summed E-state index contributed by atoms with van der Waals surface area (Å²) in [4.78, 5) is 5.15. The average Bonchev–Trinajstić information content (AvgIpc) is 3.37. The second-order valence-electron chi connectivity index (χ2n) is 9.07. The zero-order valence-corrected chi connectivity index (χ0v) is 18.1. The summed E-state index contributed by atoms with van der Waals surface area (Å²) in [5, 5.41) is 38.6. The van der Waals surface area contributed by atoms with Crippen LogP contribution < -0.4 is 0 Å². The number of hydrogen-bond donors (Lipinski definition) is 4. The Hall–Kier alpha value is -2.44. The zero-order chi connectivity index (χ0) is 21.8. The molecule has 0 radical (unpaired) electrons. The molecule has 0 aromatic heterocycles. The zero-order valence-electron chi connectivity index (χ0n) is 18.1. The Balaban J connectivity index is 1.26. The fourth-order valence-corrected chi connectivity index (χ4v) is 5.25. The molecule has 0 aliphatic carbocycles. The first-order valence-electron chi connectivity index (χ1n) is 11.5. The third-order valence-electron chi connectivity index (χ3n) is 6.91. The summed E-state index contributed by atoms with van der Waals surface area (Å²) in [7, 11) is 0. The average molecular weight is 427 g/mol. The Morgan fingerprint density at radius 3 is 1.52 bits per heavy atom. The minimum absolute atomic E-state index is 0.0379. The van der Waals surface area contributed by atoms with Crippen LogP contribution in [0.5, 0.6) is 23.0 Å². The van der Waals surface area contributed by atoms with Gasteiger partial charge in [0.05, 0.1) is 0 Å². The Morgan fingerprint density at radius 1 is 0.645 bits per heavy atom. The molecule has 2 saturated heterocycles. The molecular formula is C25H34N2O4. The van der Waals surface area contributed by atoms with E-state index in [4.69, 9.17) is 0 Å². The maximum atomic E-state index is 9.77. The van der Waals surface area contributed by atoms with Crippen LogP contribution in [0.15, 0.2) is 36.4 Å². The lowest BCUT2D eigenvalue weighted by Gasteiger charge is -2.28. The Morgan fingerprint density at radius 2 is 1.10 bits per heavy atom. The molecule has 4 rings (SSSR count). The first-order chi connectivity index (χ1) is 15.0. The summed E-state index contributed by atoms with van der Waals surface area (Å²) < 4.78 is 0. The number of rotatable bonds is 8. The third kappa shape index (κ3) is 5.43. The highest BCUT2D eigenvalue weighted by Crippen LogP contribution is 2.29. The van der Waals surface area contributed by atoms with Gasteiger partial charge < -0.3 is 30.2 Å². The molecule has 2 unspecified atom stereocenters. The highest BCUT2D eigenvalue weighted by Gasteiger charge is 2.27. The molecule has 31 heavy (non-hydrogen) atoms. The van der Waals surface area contributed by atoms with Crippen molar-refractivity contribution in [3.05, 3.63) is 47.5 Å². The van der Waals surface area contributed by atoms with E-state index in [-0.39, 0.29) is 23.0 Å². The van der Waals surface area contributed by atoms with Crippen molar-refractivity contribution < 1.29 is 20.4 Å². The monoisotopic (exact) mass is 426 g/mol. The van der Waals surface area contributed by atoms with E-state index in [2.05, 4.69) is 9.80 Å². The number of likely N-dealkylation sites (tertiary alicyclic amines) is 2. The van der Waals surface area contributed by atoms with E-state index in [1.54, 1.807) is 24.3 Å². The fraction of sp³-hybridized carbons (Fsp3) is 0.520. The van der Waals surface area contributed by atoms with Gasteiger partial charge in [-0.05, 0) is 107 Å². The van der Waals surface area contributed by atoms with E-state index in [1.165, 1.54) is 25.7 Å². The van der Waals surface area contributed by atoms with Crippen LogP contribution in [-0.4, -0.2) is 68.5 Å². The molecule has 2 aliphatic rings. The molecule has 0 bridgehead atoms. The van der Waals surface area contributed by atoms with E-state index >= 15 is 0 Å². The number of hydrogen-bond acceptors (Lipinski definition) is 6. The molecule has 2 fully saturated rings. The predicted octanol–water partition coefficient (Wildman–Crippen LogP) is 3.61. The second kappa shape index (κ2) is 9.79. The predicted molar refractivity (Wildman–Crippen MR) is 121 cm³/mol. The highest BCUT2D eigenvalue weighted by molar-refractivity contribution is 5.41. The van der Waals surface area contributed by atoms with Gasteiger partial charge in [-0.3, -0.25) is 0 Å². The van der Waals surface area contributed by atoms with Gasteiger partial charge in [0.2, 0.25) is 0 Å². The number of phenols is 4. The van der Waals surface area contributed by atoms with Gasteiger partial charge in [0.25, 0.3) is 0 Å². The van der Waals surface area contributed by atoms with Crippen LogP contribution in [0, 0.1) is 0 Å². The largest absolute Gasteiger partial charge is 0.504 e. The van der Waals surface area contributed by atoms with E-state index in [9.17, 15) is 20.4 Å². The first kappa shape index (κ1) is 21.8. The molecule has 6 heteroatoms. The molecule has 168 valence electrons. The van der Waals surface area contributed by atoms with Crippen molar-refractivity contribution in [1.82, 2.24) is 9.80 Å². The van der Waals surface area contributed by atoms with Gasteiger partial charge in [-0.1, -0.05) is 12.1 Å². The lowest BCUT2D eigenvalue weighted by Crippen LogP contribution is -2.36. The van der Waals surface area contributed by atoms with Crippen molar-refractivity contribution in [2.45, 2.75) is 57.0 Å². The lowest BCUT2D eigenvalue weighted by atomic mass is 10.0. The highest BCUT2D eigenvalue weighted by atomic mass is 16.3. The second-order valence-corrected chi connectivity index (χ2v) is 9.07. The quantitative estimate of drug-likeness (QED) is 0.483. The van der Waals surface area contributed by atoms with Crippen molar-refractivity contribution in [3.63, 3.8) is 0 Å². The summed E-state index contributed by atoms with van der Waals surface area (Å²) in [6.07, 6.45) is 7.73. The van der Waals surface area contributed by atoms with Crippen LogP contribution in [0.2, 0.25) is 0 Å². The van der Waals surface area contributed by atoms with Gasteiger partial charge in [0.1, 0.15) is 0 Å². The Bertz CT molecular complexity index is 816. The van der Waals surface area contributed by atoms with E-state index < -0.39 is 0 Å². The number of nitrogens with zero attached hydrogens (tertiary/aromatic N) is 2. The molecular weight excluding hydrogens is 392 g/mol. The van der Waals surface area contributed by atoms with E-state index in [0.717, 1.165) is 56.6 Å². The van der Waals surface area contributed by atoms with Crippen LogP contribution in [0.4, 0.5) is 0 Å². The minimum Gasteiger partial charge on any atom is -0.504 e. The molecule has 2 atom stereocenters. The lowest BCUT2D eigenvalue weighted by molar-refractivity contribution is 0.206. The number of phenolic OH excluding ortho intramolecular Hbond substituents is 4. The molecule has 0 saturated carbocycles. The van der Waals surface area contributed by atoms with Crippen LogP contribution in [0.1, 0.15) is 43.2 Å². The van der Waals surface area contributed by atoms with Crippen molar-refractivity contribution in [2.24, 2.45) is 0 Å². The van der Waals surface area contributed by atoms with Gasteiger partial charge >= 0.3 is 0 Å². The fourth-order valence-electron chi connectivity index (χ4n) is 5.25. The van der Waals surface area contributed by atoms with Gasteiger partial charge in [0.15, 0.2) is 23.0 Å².